The number of rotatable bonds is 4. The Labute approximate surface area is 118 Å². The predicted octanol–water partition coefficient (Wildman–Crippen LogP) is 2.45. The molecule has 2 aromatic heterocycles. The molecule has 1 unspecified atom stereocenters. The SMILES string of the molecule is CC1(C)C(C(Cc2cn3ccsc3n2)NN)C1(C)C. The molecule has 0 saturated heterocycles. The third-order valence-electron chi connectivity index (χ3n) is 5.32. The molecule has 0 bridgehead atoms. The molecule has 2 heterocycles. The highest BCUT2D eigenvalue weighted by atomic mass is 32.1. The van der Waals surface area contributed by atoms with Gasteiger partial charge in [0.05, 0.1) is 5.69 Å². The van der Waals surface area contributed by atoms with E-state index in [1.54, 1.807) is 11.3 Å². The summed E-state index contributed by atoms with van der Waals surface area (Å²) in [6, 6.07) is 0.287. The van der Waals surface area contributed by atoms with Crippen LogP contribution >= 0.6 is 11.3 Å². The molecule has 3 N–H and O–H groups in total. The Kier molecular flexibility index (Phi) is 2.78. The lowest BCUT2D eigenvalue weighted by molar-refractivity contribution is 0.400. The Morgan fingerprint density at radius 1 is 1.42 bits per heavy atom. The van der Waals surface area contributed by atoms with Gasteiger partial charge >= 0.3 is 0 Å². The van der Waals surface area contributed by atoms with Crippen LogP contribution in [0, 0.1) is 16.7 Å². The Bertz CT molecular complexity index is 553. The van der Waals surface area contributed by atoms with Gasteiger partial charge in [-0.05, 0) is 16.7 Å². The van der Waals surface area contributed by atoms with Gasteiger partial charge in [0.15, 0.2) is 4.96 Å². The first-order valence-electron chi connectivity index (χ1n) is 6.75. The fourth-order valence-corrected chi connectivity index (χ4v) is 4.35. The van der Waals surface area contributed by atoms with Crippen LogP contribution in [0.4, 0.5) is 0 Å². The predicted molar refractivity (Wildman–Crippen MR) is 78.9 cm³/mol. The molecule has 0 aromatic carbocycles. The van der Waals surface area contributed by atoms with Crippen LogP contribution in [0.15, 0.2) is 17.8 Å². The minimum Gasteiger partial charge on any atom is -0.297 e. The molecule has 1 aliphatic rings. The number of hydrogen-bond donors (Lipinski definition) is 2. The third-order valence-corrected chi connectivity index (χ3v) is 6.09. The topological polar surface area (TPSA) is 55.3 Å². The van der Waals surface area contributed by atoms with Crippen LogP contribution in [0.2, 0.25) is 0 Å². The molecule has 1 saturated carbocycles. The van der Waals surface area contributed by atoms with E-state index in [2.05, 4.69) is 54.1 Å². The lowest BCUT2D eigenvalue weighted by atomic mass is 10.0. The van der Waals surface area contributed by atoms with Crippen molar-refractivity contribution in [2.45, 2.75) is 40.2 Å². The maximum absolute atomic E-state index is 5.79. The highest BCUT2D eigenvalue weighted by Crippen LogP contribution is 2.69. The first-order chi connectivity index (χ1) is 8.88. The number of fused-ring (bicyclic) bond motifs is 1. The van der Waals surface area contributed by atoms with Crippen molar-refractivity contribution in [2.24, 2.45) is 22.6 Å². The number of hydrazine groups is 1. The quantitative estimate of drug-likeness (QED) is 0.667. The van der Waals surface area contributed by atoms with Crippen LogP contribution in [-0.4, -0.2) is 15.4 Å². The van der Waals surface area contributed by atoms with Crippen molar-refractivity contribution >= 4 is 16.3 Å². The summed E-state index contributed by atoms with van der Waals surface area (Å²) in [5.41, 5.74) is 4.80. The Morgan fingerprint density at radius 2 is 2.11 bits per heavy atom. The van der Waals surface area contributed by atoms with Crippen LogP contribution in [0.1, 0.15) is 33.4 Å². The van der Waals surface area contributed by atoms with Crippen molar-refractivity contribution in [1.29, 1.82) is 0 Å². The van der Waals surface area contributed by atoms with E-state index < -0.39 is 0 Å². The Balaban J connectivity index is 1.80. The second-order valence-electron chi connectivity index (χ2n) is 6.72. The largest absolute Gasteiger partial charge is 0.297 e. The molecular weight excluding hydrogens is 256 g/mol. The third kappa shape index (κ3) is 1.83. The molecule has 2 aromatic rings. The number of nitrogens with one attached hydrogen (secondary N) is 1. The van der Waals surface area contributed by atoms with E-state index in [-0.39, 0.29) is 6.04 Å². The first kappa shape index (κ1) is 13.1. The summed E-state index contributed by atoms with van der Waals surface area (Å²) < 4.78 is 2.08. The molecule has 5 heteroatoms. The minimum atomic E-state index is 0.287. The first-order valence-corrected chi connectivity index (χ1v) is 7.63. The molecule has 0 radical (unpaired) electrons. The molecule has 0 aliphatic heterocycles. The summed E-state index contributed by atoms with van der Waals surface area (Å²) in [7, 11) is 0. The smallest absolute Gasteiger partial charge is 0.193 e. The number of thiazole rings is 1. The number of hydrogen-bond acceptors (Lipinski definition) is 4. The highest BCUT2D eigenvalue weighted by Gasteiger charge is 2.66. The van der Waals surface area contributed by atoms with Gasteiger partial charge in [-0.3, -0.25) is 15.7 Å². The van der Waals surface area contributed by atoms with Gasteiger partial charge in [-0.1, -0.05) is 27.7 Å². The van der Waals surface area contributed by atoms with Crippen LogP contribution in [-0.2, 0) is 6.42 Å². The molecular formula is C14H22N4S. The molecule has 4 nitrogen and oxygen atoms in total. The maximum atomic E-state index is 5.79. The van der Waals surface area contributed by atoms with Crippen LogP contribution in [0.3, 0.4) is 0 Å². The van der Waals surface area contributed by atoms with Crippen molar-refractivity contribution in [3.05, 3.63) is 23.5 Å². The zero-order valence-corrected chi connectivity index (χ0v) is 12.8. The minimum absolute atomic E-state index is 0.287. The van der Waals surface area contributed by atoms with Gasteiger partial charge in [0, 0.05) is 30.2 Å². The zero-order valence-electron chi connectivity index (χ0n) is 12.0. The normalized spacial score (nSPS) is 22.8. The van der Waals surface area contributed by atoms with Gasteiger partial charge in [-0.2, -0.15) is 0 Å². The Hall–Kier alpha value is -0.910. The molecule has 1 aliphatic carbocycles. The Morgan fingerprint density at radius 3 is 2.63 bits per heavy atom. The average molecular weight is 278 g/mol. The summed E-state index contributed by atoms with van der Waals surface area (Å²) in [5, 5.41) is 2.05. The monoisotopic (exact) mass is 278 g/mol. The van der Waals surface area contributed by atoms with Crippen LogP contribution < -0.4 is 11.3 Å². The molecule has 1 fully saturated rings. The molecule has 3 rings (SSSR count). The molecule has 0 spiro atoms. The number of imidazole rings is 1. The standard InChI is InChI=1S/C14H22N4S/c1-13(2)11(14(13,3)4)10(17-15)7-9-8-18-5-6-19-12(18)16-9/h5-6,8,10-11,17H,7,15H2,1-4H3. The summed E-state index contributed by atoms with van der Waals surface area (Å²) in [6.07, 6.45) is 5.05. The van der Waals surface area contributed by atoms with E-state index in [1.165, 1.54) is 0 Å². The van der Waals surface area contributed by atoms with E-state index in [4.69, 9.17) is 5.84 Å². The number of nitrogens with two attached hydrogens (primary N) is 1. The van der Waals surface area contributed by atoms with Crippen molar-refractivity contribution in [3.8, 4) is 0 Å². The summed E-state index contributed by atoms with van der Waals surface area (Å²) >= 11 is 1.67. The van der Waals surface area contributed by atoms with E-state index >= 15 is 0 Å². The van der Waals surface area contributed by atoms with Crippen molar-refractivity contribution in [3.63, 3.8) is 0 Å². The lowest BCUT2D eigenvalue weighted by Gasteiger charge is -2.16. The van der Waals surface area contributed by atoms with Gasteiger partial charge in [0.25, 0.3) is 0 Å². The fourth-order valence-electron chi connectivity index (χ4n) is 3.63. The highest BCUT2D eigenvalue weighted by molar-refractivity contribution is 7.15. The van der Waals surface area contributed by atoms with Crippen LogP contribution in [0.25, 0.3) is 4.96 Å². The van der Waals surface area contributed by atoms with Crippen molar-refractivity contribution in [1.82, 2.24) is 14.8 Å². The summed E-state index contributed by atoms with van der Waals surface area (Å²) in [6.45, 7) is 9.31. The van der Waals surface area contributed by atoms with E-state index in [9.17, 15) is 0 Å². The molecule has 104 valence electrons. The van der Waals surface area contributed by atoms with Gasteiger partial charge < -0.3 is 0 Å². The number of aromatic nitrogens is 2. The van der Waals surface area contributed by atoms with E-state index in [0.29, 0.717) is 16.7 Å². The summed E-state index contributed by atoms with van der Waals surface area (Å²) in [4.78, 5) is 5.71. The average Bonchev–Trinajstić information content (AvgIpc) is 2.71. The molecule has 0 amide bonds. The van der Waals surface area contributed by atoms with E-state index in [0.717, 1.165) is 17.1 Å². The molecule has 1 atom stereocenters. The van der Waals surface area contributed by atoms with Gasteiger partial charge in [0.1, 0.15) is 0 Å². The van der Waals surface area contributed by atoms with Gasteiger partial charge in [0.2, 0.25) is 0 Å². The summed E-state index contributed by atoms with van der Waals surface area (Å²) in [5.74, 6) is 6.38. The van der Waals surface area contributed by atoms with Crippen LogP contribution in [0.5, 0.6) is 0 Å². The van der Waals surface area contributed by atoms with Gasteiger partial charge in [-0.25, -0.2) is 4.98 Å². The maximum Gasteiger partial charge on any atom is 0.193 e. The van der Waals surface area contributed by atoms with Crippen molar-refractivity contribution < 1.29 is 0 Å². The van der Waals surface area contributed by atoms with E-state index in [1.807, 2.05) is 6.20 Å². The second-order valence-corrected chi connectivity index (χ2v) is 7.60. The van der Waals surface area contributed by atoms with Crippen molar-refractivity contribution in [2.75, 3.05) is 0 Å². The fraction of sp³-hybridized carbons (Fsp3) is 0.643. The lowest BCUT2D eigenvalue weighted by Crippen LogP contribution is -2.40. The second kappa shape index (κ2) is 4.04. The zero-order chi connectivity index (χ0) is 13.8. The number of nitrogens with zero attached hydrogens (tertiary/aromatic N) is 2. The molecule has 19 heavy (non-hydrogen) atoms. The van der Waals surface area contributed by atoms with Gasteiger partial charge in [-0.15, -0.1) is 11.3 Å².